The fraction of sp³-hybridized carbons (Fsp3) is 0.696. The van der Waals surface area contributed by atoms with Gasteiger partial charge in [-0.15, -0.1) is 11.8 Å². The van der Waals surface area contributed by atoms with Gasteiger partial charge in [-0.25, -0.2) is 9.79 Å². The number of likely N-dealkylation sites (tertiary alicyclic amines) is 2. The molecule has 3 amide bonds. The molecule has 0 aromatic heterocycles. The Bertz CT molecular complexity index is 1040. The van der Waals surface area contributed by atoms with Crippen LogP contribution in [0.25, 0.3) is 0 Å². The molecule has 0 spiro atoms. The molecule has 0 bridgehead atoms. The molecule has 0 aromatic rings. The summed E-state index contributed by atoms with van der Waals surface area (Å²) >= 11 is 1.43. The molecule has 37 heavy (non-hydrogen) atoms. The molecule has 4 rings (SSSR count). The zero-order valence-electron chi connectivity index (χ0n) is 21.2. The molecule has 0 aliphatic carbocycles. The zero-order chi connectivity index (χ0) is 27.2. The van der Waals surface area contributed by atoms with Crippen molar-refractivity contribution in [1.82, 2.24) is 20.0 Å². The number of carbonyl (C=O) groups is 4. The van der Waals surface area contributed by atoms with Crippen molar-refractivity contribution in [3.8, 4) is 0 Å². The molecule has 14 heteroatoms. The van der Waals surface area contributed by atoms with Gasteiger partial charge in [0.2, 0.25) is 17.7 Å². The van der Waals surface area contributed by atoms with Gasteiger partial charge in [0.25, 0.3) is 0 Å². The predicted octanol–water partition coefficient (Wildman–Crippen LogP) is -2.06. The second kappa shape index (κ2) is 10.5. The summed E-state index contributed by atoms with van der Waals surface area (Å²) in [6, 6.07) is -0.890. The molecular formula is C23H35N7O6S. The predicted molar refractivity (Wildman–Crippen MR) is 136 cm³/mol. The summed E-state index contributed by atoms with van der Waals surface area (Å²) in [6.45, 7) is 4.81. The highest BCUT2D eigenvalue weighted by Gasteiger charge is 2.60. The van der Waals surface area contributed by atoms with E-state index in [0.29, 0.717) is 37.4 Å². The minimum absolute atomic E-state index is 0.000632. The van der Waals surface area contributed by atoms with Crippen molar-refractivity contribution >= 4 is 41.4 Å². The van der Waals surface area contributed by atoms with Gasteiger partial charge in [-0.2, -0.15) is 0 Å². The number of aliphatic hydroxyl groups is 1. The van der Waals surface area contributed by atoms with Crippen molar-refractivity contribution in [3.63, 3.8) is 0 Å². The number of aliphatic hydroxyl groups excluding tert-OH is 1. The summed E-state index contributed by atoms with van der Waals surface area (Å²) in [5.74, 6) is -2.82. The highest BCUT2D eigenvalue weighted by atomic mass is 32.2. The van der Waals surface area contributed by atoms with Crippen molar-refractivity contribution in [3.05, 3.63) is 10.6 Å². The zero-order valence-corrected chi connectivity index (χ0v) is 22.0. The maximum atomic E-state index is 13.3. The number of β-lactam (4-membered cyclic amide) rings is 1. The largest absolute Gasteiger partial charge is 0.477 e. The molecule has 7 N–H and O–H groups in total. The van der Waals surface area contributed by atoms with E-state index in [9.17, 15) is 29.4 Å². The molecule has 204 valence electrons. The Kier molecular flexibility index (Phi) is 7.72. The monoisotopic (exact) mass is 537 g/mol. The van der Waals surface area contributed by atoms with E-state index < -0.39 is 18.0 Å². The van der Waals surface area contributed by atoms with Crippen LogP contribution in [-0.4, -0.2) is 117 Å². The number of carbonyl (C=O) groups excluding carboxylic acids is 3. The number of carboxylic acid groups (broad SMARTS) is 1. The van der Waals surface area contributed by atoms with E-state index in [1.54, 1.807) is 11.8 Å². The fourth-order valence-corrected chi connectivity index (χ4v) is 7.51. The molecule has 1 unspecified atom stereocenters. The van der Waals surface area contributed by atoms with Crippen LogP contribution in [0.2, 0.25) is 0 Å². The van der Waals surface area contributed by atoms with Crippen LogP contribution in [-0.2, 0) is 19.2 Å². The number of hydrogen-bond donors (Lipinski definition) is 5. The molecule has 4 heterocycles. The van der Waals surface area contributed by atoms with E-state index in [1.165, 1.54) is 16.7 Å². The summed E-state index contributed by atoms with van der Waals surface area (Å²) in [5, 5.41) is 22.7. The highest BCUT2D eigenvalue weighted by Crippen LogP contribution is 2.52. The Morgan fingerprint density at radius 3 is 2.59 bits per heavy atom. The molecule has 4 aliphatic heterocycles. The lowest BCUT2D eigenvalue weighted by molar-refractivity contribution is -0.163. The third-order valence-electron chi connectivity index (χ3n) is 7.67. The van der Waals surface area contributed by atoms with Gasteiger partial charge >= 0.3 is 5.97 Å². The van der Waals surface area contributed by atoms with Gasteiger partial charge in [-0.05, 0) is 26.8 Å². The first-order chi connectivity index (χ1) is 17.4. The van der Waals surface area contributed by atoms with Crippen molar-refractivity contribution in [2.45, 2.75) is 56.2 Å². The molecule has 0 aromatic carbocycles. The van der Waals surface area contributed by atoms with Crippen molar-refractivity contribution in [2.24, 2.45) is 28.3 Å². The van der Waals surface area contributed by atoms with Crippen LogP contribution < -0.4 is 16.8 Å². The van der Waals surface area contributed by atoms with Crippen LogP contribution >= 0.6 is 11.8 Å². The minimum Gasteiger partial charge on any atom is -0.477 e. The summed E-state index contributed by atoms with van der Waals surface area (Å²) in [6.07, 6.45) is 0.325. The summed E-state index contributed by atoms with van der Waals surface area (Å²) < 4.78 is 0. The third kappa shape index (κ3) is 5.14. The Labute approximate surface area is 219 Å². The number of nitrogens with two attached hydrogens (primary N) is 2. The van der Waals surface area contributed by atoms with Crippen LogP contribution in [0.15, 0.2) is 15.6 Å². The minimum atomic E-state index is -1.15. The van der Waals surface area contributed by atoms with Gasteiger partial charge < -0.3 is 36.8 Å². The Morgan fingerprint density at radius 1 is 1.27 bits per heavy atom. The second-order valence-electron chi connectivity index (χ2n) is 10.3. The van der Waals surface area contributed by atoms with Crippen LogP contribution in [0.3, 0.4) is 0 Å². The Morgan fingerprint density at radius 2 is 1.97 bits per heavy atom. The van der Waals surface area contributed by atoms with Gasteiger partial charge in [-0.1, -0.05) is 6.92 Å². The van der Waals surface area contributed by atoms with Crippen molar-refractivity contribution < 1.29 is 29.4 Å². The van der Waals surface area contributed by atoms with Gasteiger partial charge in [0.05, 0.1) is 24.1 Å². The third-order valence-corrected chi connectivity index (χ3v) is 9.16. The molecule has 4 aliphatic rings. The number of likely N-dealkylation sites (N-methyl/N-ethyl adjacent to an activating group) is 1. The number of nitrogens with one attached hydrogen (secondary N) is 1. The number of aliphatic carboxylic acids is 1. The number of rotatable bonds is 8. The molecule has 3 fully saturated rings. The molecular weight excluding hydrogens is 502 g/mol. The van der Waals surface area contributed by atoms with Gasteiger partial charge in [0.1, 0.15) is 12.2 Å². The standard InChI is InChI=1S/C23H35N7O6S/c1-10-17-16(11(2)31)21(34)30(17)18(22(35)36)19(10)37-13-6-14(28(3)9-13)20(33)29-5-4-12(8-29)27-15(32)7-26-23(24)25/h10-14,16-17,31H,4-9H2,1-3H3,(H,27,32)(H,35,36)(H4,24,25,26)/t10-,11-,12+,13+,14+,16?,17-/m1/s1. The summed E-state index contributed by atoms with van der Waals surface area (Å²) in [4.78, 5) is 59.4. The molecule has 3 saturated heterocycles. The van der Waals surface area contributed by atoms with E-state index >= 15 is 0 Å². The second-order valence-corrected chi connectivity index (χ2v) is 11.6. The average molecular weight is 538 g/mol. The molecule has 13 nitrogen and oxygen atoms in total. The first-order valence-electron chi connectivity index (χ1n) is 12.4. The maximum Gasteiger partial charge on any atom is 0.353 e. The lowest BCUT2D eigenvalue weighted by atomic mass is 9.79. The van der Waals surface area contributed by atoms with Crippen LogP contribution in [0, 0.1) is 11.8 Å². The number of carboxylic acids is 1. The van der Waals surface area contributed by atoms with Crippen LogP contribution in [0.1, 0.15) is 26.7 Å². The topological polar surface area (TPSA) is 195 Å². The average Bonchev–Trinajstić information content (AvgIpc) is 3.48. The number of thioether (sulfide) groups is 1. The quantitative estimate of drug-likeness (QED) is 0.130. The van der Waals surface area contributed by atoms with Crippen LogP contribution in [0.4, 0.5) is 0 Å². The first-order valence-corrected chi connectivity index (χ1v) is 13.3. The van der Waals surface area contributed by atoms with E-state index in [-0.39, 0.29) is 65.2 Å². The number of hydrogen-bond acceptors (Lipinski definition) is 8. The molecule has 0 radical (unpaired) electrons. The number of nitrogens with zero attached hydrogens (tertiary/aromatic N) is 4. The number of fused-ring (bicyclic) bond motifs is 1. The molecule has 7 atom stereocenters. The maximum absolute atomic E-state index is 13.3. The van der Waals surface area contributed by atoms with E-state index in [2.05, 4.69) is 10.3 Å². The highest BCUT2D eigenvalue weighted by molar-refractivity contribution is 8.03. The summed E-state index contributed by atoms with van der Waals surface area (Å²) in [7, 11) is 1.87. The lowest BCUT2D eigenvalue weighted by Crippen LogP contribution is -2.63. The van der Waals surface area contributed by atoms with Gasteiger partial charge in [0.15, 0.2) is 5.96 Å². The van der Waals surface area contributed by atoms with Gasteiger partial charge in [0, 0.05) is 41.7 Å². The van der Waals surface area contributed by atoms with Crippen molar-refractivity contribution in [2.75, 3.05) is 33.2 Å². The number of aliphatic imine (C=N–C) groups is 1. The molecule has 0 saturated carbocycles. The van der Waals surface area contributed by atoms with Crippen molar-refractivity contribution in [1.29, 1.82) is 0 Å². The van der Waals surface area contributed by atoms with Crippen LogP contribution in [0.5, 0.6) is 0 Å². The van der Waals surface area contributed by atoms with E-state index in [1.807, 2.05) is 18.9 Å². The SMILES string of the molecule is C[C@@H](O)C1C(=O)N2C(C(=O)O)=C(S[C@H]3C[C@@H](C(=O)N4CC[C@H](NC(=O)CN=C(N)N)C4)N(C)C3)[C@H](C)[C@H]12. The first kappa shape index (κ1) is 27.2. The summed E-state index contributed by atoms with van der Waals surface area (Å²) in [5.41, 5.74) is 10.5. The Balaban J connectivity index is 1.37. The smallest absolute Gasteiger partial charge is 0.353 e. The van der Waals surface area contributed by atoms with Gasteiger partial charge in [-0.3, -0.25) is 19.3 Å². The number of amides is 3. The Hall–Kier alpha value is -2.84. The lowest BCUT2D eigenvalue weighted by Gasteiger charge is -2.46. The normalized spacial score (nSPS) is 32.3. The number of guanidine groups is 1. The fourth-order valence-electron chi connectivity index (χ4n) is 5.91. The van der Waals surface area contributed by atoms with E-state index in [0.717, 1.165) is 0 Å². The van der Waals surface area contributed by atoms with E-state index in [4.69, 9.17) is 11.5 Å².